The van der Waals surface area contributed by atoms with Gasteiger partial charge in [-0.15, -0.1) is 0 Å². The first-order valence-corrected chi connectivity index (χ1v) is 12.7. The summed E-state index contributed by atoms with van der Waals surface area (Å²) in [5.74, 6) is -0.112. The van der Waals surface area contributed by atoms with Gasteiger partial charge in [0.05, 0.1) is 16.8 Å². The van der Waals surface area contributed by atoms with Crippen molar-refractivity contribution in [2.75, 3.05) is 45.2 Å². The second-order valence-electron chi connectivity index (χ2n) is 10.9. The highest BCUT2D eigenvalue weighted by molar-refractivity contribution is 6.62. The molecule has 11 heteroatoms. The number of halogens is 3. The predicted octanol–water partition coefficient (Wildman–Crippen LogP) is 3.77. The van der Waals surface area contributed by atoms with Gasteiger partial charge in [0.15, 0.2) is 6.61 Å². The van der Waals surface area contributed by atoms with Crippen LogP contribution in [0.5, 0.6) is 5.75 Å². The lowest BCUT2D eigenvalue weighted by atomic mass is 9.79. The van der Waals surface area contributed by atoms with Crippen LogP contribution >= 0.6 is 0 Å². The van der Waals surface area contributed by atoms with Crippen LogP contribution in [0.15, 0.2) is 42.5 Å². The van der Waals surface area contributed by atoms with E-state index >= 15 is 0 Å². The number of piperazine rings is 1. The molecule has 0 aliphatic carbocycles. The minimum Gasteiger partial charge on any atom is -0.484 e. The van der Waals surface area contributed by atoms with Crippen LogP contribution in [-0.2, 0) is 26.8 Å². The van der Waals surface area contributed by atoms with Gasteiger partial charge >= 0.3 is 13.3 Å². The first-order chi connectivity index (χ1) is 17.7. The molecule has 206 valence electrons. The van der Waals surface area contributed by atoms with E-state index in [1.807, 2.05) is 39.6 Å². The van der Waals surface area contributed by atoms with Gasteiger partial charge in [0.25, 0.3) is 5.91 Å². The molecule has 2 aromatic carbocycles. The summed E-state index contributed by atoms with van der Waals surface area (Å²) < 4.78 is 59.0. The van der Waals surface area contributed by atoms with E-state index < -0.39 is 36.0 Å². The molecular formula is C27H35BF3N3O4. The van der Waals surface area contributed by atoms with Gasteiger partial charge in [-0.1, -0.05) is 18.2 Å². The number of anilines is 1. The lowest BCUT2D eigenvalue weighted by Gasteiger charge is -2.33. The Kier molecular flexibility index (Phi) is 8.13. The second kappa shape index (κ2) is 10.9. The highest BCUT2D eigenvalue weighted by Crippen LogP contribution is 2.37. The Hall–Kier alpha value is -2.60. The van der Waals surface area contributed by atoms with Crippen LogP contribution in [0.1, 0.15) is 38.8 Å². The first kappa shape index (κ1) is 28.4. The molecule has 1 amide bonds. The number of amides is 1. The van der Waals surface area contributed by atoms with Crippen molar-refractivity contribution in [1.29, 1.82) is 0 Å². The predicted molar refractivity (Wildman–Crippen MR) is 141 cm³/mol. The fraction of sp³-hybridized carbons (Fsp3) is 0.519. The Labute approximate surface area is 222 Å². The molecule has 2 saturated heterocycles. The normalized spacial score (nSPS) is 19.9. The number of benzene rings is 2. The SMILES string of the molecule is CN1CCN(Cc2ccc(NC(=O)COc3ccc(B4OC(C)(C)C(C)(C)O4)cc3)cc2C(F)(F)F)CC1. The fourth-order valence-corrected chi connectivity index (χ4v) is 4.35. The summed E-state index contributed by atoms with van der Waals surface area (Å²) in [5, 5.41) is 2.51. The molecule has 0 radical (unpaired) electrons. The number of alkyl halides is 3. The van der Waals surface area contributed by atoms with Gasteiger partial charge in [0.2, 0.25) is 0 Å². The van der Waals surface area contributed by atoms with Crippen molar-refractivity contribution in [2.45, 2.75) is 51.6 Å². The van der Waals surface area contributed by atoms with Crippen LogP contribution in [0, 0.1) is 0 Å². The summed E-state index contributed by atoms with van der Waals surface area (Å²) in [6.45, 7) is 10.8. The van der Waals surface area contributed by atoms with Crippen LogP contribution in [0.25, 0.3) is 0 Å². The van der Waals surface area contributed by atoms with E-state index in [1.54, 1.807) is 24.3 Å². The molecule has 0 saturated carbocycles. The van der Waals surface area contributed by atoms with Gasteiger partial charge in [0, 0.05) is 38.4 Å². The topological polar surface area (TPSA) is 63.3 Å². The lowest BCUT2D eigenvalue weighted by molar-refractivity contribution is -0.138. The van der Waals surface area contributed by atoms with Gasteiger partial charge in [-0.3, -0.25) is 9.69 Å². The lowest BCUT2D eigenvalue weighted by Crippen LogP contribution is -2.44. The number of carbonyl (C=O) groups is 1. The molecule has 38 heavy (non-hydrogen) atoms. The van der Waals surface area contributed by atoms with E-state index in [0.717, 1.165) is 24.6 Å². The Bertz CT molecular complexity index is 1120. The number of likely N-dealkylation sites (N-methyl/N-ethyl adjacent to an activating group) is 1. The number of carbonyl (C=O) groups excluding carboxylic acids is 1. The maximum atomic E-state index is 13.8. The number of rotatable bonds is 7. The van der Waals surface area contributed by atoms with Gasteiger partial charge in [-0.2, -0.15) is 13.2 Å². The third kappa shape index (κ3) is 6.69. The number of ether oxygens (including phenoxy) is 1. The maximum absolute atomic E-state index is 13.8. The van der Waals surface area contributed by atoms with E-state index in [-0.39, 0.29) is 24.4 Å². The van der Waals surface area contributed by atoms with Crippen molar-refractivity contribution >= 4 is 24.2 Å². The Morgan fingerprint density at radius 3 is 2.18 bits per heavy atom. The largest absolute Gasteiger partial charge is 0.494 e. The Morgan fingerprint density at radius 2 is 1.61 bits per heavy atom. The Balaban J connectivity index is 1.33. The van der Waals surface area contributed by atoms with Crippen LogP contribution in [0.3, 0.4) is 0 Å². The quantitative estimate of drug-likeness (QED) is 0.547. The molecule has 0 atom stereocenters. The van der Waals surface area contributed by atoms with Gasteiger partial charge in [-0.25, -0.2) is 0 Å². The second-order valence-corrected chi connectivity index (χ2v) is 10.9. The molecule has 0 unspecified atom stereocenters. The van der Waals surface area contributed by atoms with Crippen molar-refractivity contribution < 1.29 is 32.0 Å². The minimum atomic E-state index is -4.53. The zero-order valence-corrected chi connectivity index (χ0v) is 22.5. The van der Waals surface area contributed by atoms with E-state index in [9.17, 15) is 18.0 Å². The highest BCUT2D eigenvalue weighted by atomic mass is 19.4. The van der Waals surface area contributed by atoms with Crippen molar-refractivity contribution in [3.05, 3.63) is 53.6 Å². The van der Waals surface area contributed by atoms with E-state index in [0.29, 0.717) is 18.8 Å². The van der Waals surface area contributed by atoms with Gasteiger partial charge in [-0.05, 0) is 70.0 Å². The van der Waals surface area contributed by atoms with Crippen LogP contribution in [-0.4, -0.2) is 73.9 Å². The molecule has 0 spiro atoms. The van der Waals surface area contributed by atoms with E-state index in [1.165, 1.54) is 12.1 Å². The molecule has 0 aromatic heterocycles. The van der Waals surface area contributed by atoms with Crippen LogP contribution in [0.4, 0.5) is 18.9 Å². The summed E-state index contributed by atoms with van der Waals surface area (Å²) >= 11 is 0. The molecule has 2 heterocycles. The van der Waals surface area contributed by atoms with Crippen molar-refractivity contribution in [2.24, 2.45) is 0 Å². The summed E-state index contributed by atoms with van der Waals surface area (Å²) in [6, 6.07) is 10.9. The number of nitrogens with zero attached hydrogens (tertiary/aromatic N) is 2. The first-order valence-electron chi connectivity index (χ1n) is 12.7. The summed E-state index contributed by atoms with van der Waals surface area (Å²) in [5.41, 5.74) is -0.577. The van der Waals surface area contributed by atoms with Crippen LogP contribution < -0.4 is 15.5 Å². The average Bonchev–Trinajstić information content (AvgIpc) is 3.06. The Morgan fingerprint density at radius 1 is 1.00 bits per heavy atom. The zero-order chi connectivity index (χ0) is 27.7. The number of nitrogens with one attached hydrogen (secondary N) is 1. The van der Waals surface area contributed by atoms with E-state index in [4.69, 9.17) is 14.0 Å². The van der Waals surface area contributed by atoms with Crippen molar-refractivity contribution in [3.8, 4) is 5.75 Å². The number of hydrogen-bond donors (Lipinski definition) is 1. The third-order valence-corrected chi connectivity index (χ3v) is 7.46. The van der Waals surface area contributed by atoms with E-state index in [2.05, 4.69) is 10.2 Å². The molecule has 1 N–H and O–H groups in total. The summed E-state index contributed by atoms with van der Waals surface area (Å²) in [7, 11) is 1.48. The molecule has 2 aromatic rings. The molecule has 2 fully saturated rings. The average molecular weight is 533 g/mol. The number of hydrogen-bond acceptors (Lipinski definition) is 6. The molecule has 7 nitrogen and oxygen atoms in total. The smallest absolute Gasteiger partial charge is 0.484 e. The van der Waals surface area contributed by atoms with Crippen molar-refractivity contribution in [3.63, 3.8) is 0 Å². The maximum Gasteiger partial charge on any atom is 0.494 e. The fourth-order valence-electron chi connectivity index (χ4n) is 4.35. The minimum absolute atomic E-state index is 0.0733. The standard InChI is InChI=1S/C27H35BF3N3O4/c1-25(2)26(3,4)38-28(37-25)20-7-10-22(11-8-20)36-18-24(35)32-21-9-6-19(23(16-21)27(29,30)31)17-34-14-12-33(5)13-15-34/h6-11,16H,12-15,17-18H2,1-5H3,(H,32,35). The molecular weight excluding hydrogens is 498 g/mol. The highest BCUT2D eigenvalue weighted by Gasteiger charge is 2.51. The summed E-state index contributed by atoms with van der Waals surface area (Å²) in [4.78, 5) is 16.6. The van der Waals surface area contributed by atoms with Crippen molar-refractivity contribution in [1.82, 2.24) is 9.80 Å². The summed E-state index contributed by atoms with van der Waals surface area (Å²) in [6.07, 6.45) is -4.53. The van der Waals surface area contributed by atoms with Gasteiger partial charge < -0.3 is 24.3 Å². The molecule has 2 aliphatic rings. The zero-order valence-electron chi connectivity index (χ0n) is 22.5. The van der Waals surface area contributed by atoms with Gasteiger partial charge in [0.1, 0.15) is 5.75 Å². The van der Waals surface area contributed by atoms with Crippen LogP contribution in [0.2, 0.25) is 0 Å². The molecule has 2 aliphatic heterocycles. The molecule has 4 rings (SSSR count). The third-order valence-electron chi connectivity index (χ3n) is 7.46. The monoisotopic (exact) mass is 533 g/mol. The molecule has 0 bridgehead atoms.